The molecule has 0 heterocycles. The Morgan fingerprint density at radius 1 is 1.32 bits per heavy atom. The molecule has 4 nitrogen and oxygen atoms in total. The maximum atomic E-state index is 11.8. The predicted octanol–water partition coefficient (Wildman–Crippen LogP) is 2.66. The van der Waals surface area contributed by atoms with E-state index in [4.69, 9.17) is 14.6 Å². The van der Waals surface area contributed by atoms with Gasteiger partial charge in [0.15, 0.2) is 6.29 Å². The van der Waals surface area contributed by atoms with Crippen LogP contribution in [0.4, 0.5) is 0 Å². The summed E-state index contributed by atoms with van der Waals surface area (Å²) in [4.78, 5) is 11.8. The van der Waals surface area contributed by atoms with Crippen LogP contribution in [0.15, 0.2) is 12.7 Å². The molecule has 0 aromatic heterocycles. The van der Waals surface area contributed by atoms with Gasteiger partial charge in [0.25, 0.3) is 0 Å². The quantitative estimate of drug-likeness (QED) is 0.319. The second kappa shape index (κ2) is 9.10. The minimum Gasteiger partial charge on any atom is -0.465 e. The number of esters is 1. The van der Waals surface area contributed by atoms with Crippen molar-refractivity contribution < 1.29 is 19.4 Å². The van der Waals surface area contributed by atoms with Gasteiger partial charge in [-0.25, -0.2) is 0 Å². The maximum Gasteiger partial charge on any atom is 0.308 e. The molecule has 0 aromatic carbocycles. The van der Waals surface area contributed by atoms with Gasteiger partial charge in [0.1, 0.15) is 0 Å². The van der Waals surface area contributed by atoms with E-state index in [0.29, 0.717) is 13.2 Å². The van der Waals surface area contributed by atoms with Crippen LogP contribution < -0.4 is 0 Å². The van der Waals surface area contributed by atoms with Crippen molar-refractivity contribution in [3.05, 3.63) is 12.7 Å². The first-order chi connectivity index (χ1) is 9.13. The van der Waals surface area contributed by atoms with Crippen molar-refractivity contribution >= 4 is 5.97 Å². The van der Waals surface area contributed by atoms with E-state index in [9.17, 15) is 4.79 Å². The van der Waals surface area contributed by atoms with Crippen molar-refractivity contribution in [1.82, 2.24) is 0 Å². The fourth-order valence-electron chi connectivity index (χ4n) is 2.26. The van der Waals surface area contributed by atoms with Crippen LogP contribution in [0.2, 0.25) is 0 Å². The van der Waals surface area contributed by atoms with Crippen LogP contribution in [0.5, 0.6) is 0 Å². The monoisotopic (exact) mass is 270 g/mol. The molecule has 0 spiro atoms. The molecule has 1 aliphatic rings. The van der Waals surface area contributed by atoms with Gasteiger partial charge in [-0.2, -0.15) is 0 Å². The first kappa shape index (κ1) is 16.2. The number of aliphatic hydroxyl groups is 1. The second-order valence-corrected chi connectivity index (χ2v) is 5.33. The Morgan fingerprint density at radius 2 is 1.95 bits per heavy atom. The molecule has 19 heavy (non-hydrogen) atoms. The minimum absolute atomic E-state index is 0.0426. The van der Waals surface area contributed by atoms with E-state index < -0.39 is 6.29 Å². The second-order valence-electron chi connectivity index (χ2n) is 5.33. The van der Waals surface area contributed by atoms with Gasteiger partial charge < -0.3 is 14.6 Å². The van der Waals surface area contributed by atoms with Crippen LogP contribution in [0.1, 0.15) is 45.4 Å². The van der Waals surface area contributed by atoms with E-state index in [1.54, 1.807) is 0 Å². The Labute approximate surface area is 115 Å². The van der Waals surface area contributed by atoms with Crippen LogP contribution in [-0.2, 0) is 14.3 Å². The summed E-state index contributed by atoms with van der Waals surface area (Å²) < 4.78 is 10.3. The van der Waals surface area contributed by atoms with E-state index in [2.05, 4.69) is 13.5 Å². The number of hydrogen-bond donors (Lipinski definition) is 1. The Morgan fingerprint density at radius 3 is 2.58 bits per heavy atom. The van der Waals surface area contributed by atoms with Gasteiger partial charge in [-0.15, -0.1) is 0 Å². The SMILES string of the molecule is C=CC(O)OCCCCOC(=O)C1CCC(C)CC1. The van der Waals surface area contributed by atoms with Crippen LogP contribution in [0.3, 0.4) is 0 Å². The third-order valence-corrected chi connectivity index (χ3v) is 3.62. The van der Waals surface area contributed by atoms with Gasteiger partial charge in [0.2, 0.25) is 0 Å². The van der Waals surface area contributed by atoms with E-state index >= 15 is 0 Å². The van der Waals surface area contributed by atoms with Gasteiger partial charge in [0.05, 0.1) is 19.1 Å². The summed E-state index contributed by atoms with van der Waals surface area (Å²) in [6.45, 7) is 6.54. The average molecular weight is 270 g/mol. The first-order valence-corrected chi connectivity index (χ1v) is 7.22. The lowest BCUT2D eigenvalue weighted by atomic mass is 9.83. The summed E-state index contributed by atoms with van der Waals surface area (Å²) in [5.41, 5.74) is 0. The summed E-state index contributed by atoms with van der Waals surface area (Å²) >= 11 is 0. The van der Waals surface area contributed by atoms with Gasteiger partial charge in [-0.3, -0.25) is 4.79 Å². The van der Waals surface area contributed by atoms with Gasteiger partial charge in [0, 0.05) is 0 Å². The fourth-order valence-corrected chi connectivity index (χ4v) is 2.26. The zero-order valence-electron chi connectivity index (χ0n) is 11.8. The topological polar surface area (TPSA) is 55.8 Å². The van der Waals surface area contributed by atoms with Crippen molar-refractivity contribution in [3.63, 3.8) is 0 Å². The van der Waals surface area contributed by atoms with Crippen molar-refractivity contribution in [2.75, 3.05) is 13.2 Å². The molecule has 4 heteroatoms. The predicted molar refractivity (Wildman–Crippen MR) is 73.5 cm³/mol. The molecular formula is C15H26O4. The highest BCUT2D eigenvalue weighted by Crippen LogP contribution is 2.28. The normalized spacial score (nSPS) is 24.7. The highest BCUT2D eigenvalue weighted by Gasteiger charge is 2.25. The molecule has 1 rings (SSSR count). The highest BCUT2D eigenvalue weighted by atomic mass is 16.6. The summed E-state index contributed by atoms with van der Waals surface area (Å²) in [6.07, 6.45) is 6.17. The number of rotatable bonds is 8. The molecule has 110 valence electrons. The van der Waals surface area contributed by atoms with E-state index in [1.807, 2.05) is 0 Å². The van der Waals surface area contributed by atoms with Gasteiger partial charge in [-0.05, 0) is 50.5 Å². The number of aliphatic hydroxyl groups excluding tert-OH is 1. The molecule has 0 bridgehead atoms. The molecule has 0 saturated heterocycles. The number of unbranched alkanes of at least 4 members (excludes halogenated alkanes) is 1. The third-order valence-electron chi connectivity index (χ3n) is 3.62. The third kappa shape index (κ3) is 6.73. The molecule has 0 aliphatic heterocycles. The zero-order chi connectivity index (χ0) is 14.1. The lowest BCUT2D eigenvalue weighted by Gasteiger charge is -2.24. The van der Waals surface area contributed by atoms with Crippen molar-refractivity contribution in [1.29, 1.82) is 0 Å². The van der Waals surface area contributed by atoms with Crippen molar-refractivity contribution in [2.24, 2.45) is 11.8 Å². The smallest absolute Gasteiger partial charge is 0.308 e. The van der Waals surface area contributed by atoms with Crippen LogP contribution >= 0.6 is 0 Å². The largest absolute Gasteiger partial charge is 0.465 e. The Hall–Kier alpha value is -0.870. The summed E-state index contributed by atoms with van der Waals surface area (Å²) in [5, 5.41) is 9.07. The molecular weight excluding hydrogens is 244 g/mol. The van der Waals surface area contributed by atoms with E-state index in [0.717, 1.165) is 44.4 Å². The molecule has 1 unspecified atom stereocenters. The zero-order valence-corrected chi connectivity index (χ0v) is 11.8. The summed E-state index contributed by atoms with van der Waals surface area (Å²) in [5.74, 6) is 0.812. The number of ether oxygens (including phenoxy) is 2. The minimum atomic E-state index is -0.897. The highest BCUT2D eigenvalue weighted by molar-refractivity contribution is 5.72. The Bertz CT molecular complexity index is 269. The molecule has 0 aromatic rings. The van der Waals surface area contributed by atoms with E-state index in [1.165, 1.54) is 6.08 Å². The number of hydrogen-bond acceptors (Lipinski definition) is 4. The first-order valence-electron chi connectivity index (χ1n) is 7.22. The average Bonchev–Trinajstić information content (AvgIpc) is 2.42. The summed E-state index contributed by atoms with van der Waals surface area (Å²) in [6, 6.07) is 0. The molecule has 1 saturated carbocycles. The Kier molecular flexibility index (Phi) is 7.75. The van der Waals surface area contributed by atoms with Gasteiger partial charge in [-0.1, -0.05) is 13.5 Å². The van der Waals surface area contributed by atoms with Crippen LogP contribution in [0, 0.1) is 11.8 Å². The Balaban J connectivity index is 2.00. The lowest BCUT2D eigenvalue weighted by molar-refractivity contribution is -0.150. The molecule has 1 atom stereocenters. The van der Waals surface area contributed by atoms with Crippen LogP contribution in [-0.4, -0.2) is 30.6 Å². The number of carbonyl (C=O) groups excluding carboxylic acids is 1. The van der Waals surface area contributed by atoms with Gasteiger partial charge >= 0.3 is 5.97 Å². The lowest BCUT2D eigenvalue weighted by Crippen LogP contribution is -2.23. The molecule has 1 aliphatic carbocycles. The number of carbonyl (C=O) groups is 1. The fraction of sp³-hybridized carbons (Fsp3) is 0.800. The van der Waals surface area contributed by atoms with Crippen molar-refractivity contribution in [3.8, 4) is 0 Å². The van der Waals surface area contributed by atoms with Crippen LogP contribution in [0.25, 0.3) is 0 Å². The molecule has 1 fully saturated rings. The van der Waals surface area contributed by atoms with Crippen molar-refractivity contribution in [2.45, 2.75) is 51.7 Å². The molecule has 1 N–H and O–H groups in total. The molecule has 0 amide bonds. The molecule has 0 radical (unpaired) electrons. The van der Waals surface area contributed by atoms with E-state index in [-0.39, 0.29) is 11.9 Å². The maximum absolute atomic E-state index is 11.8. The standard InChI is InChI=1S/C15H26O4/c1-3-14(16)18-10-4-5-11-19-15(17)13-8-6-12(2)7-9-13/h3,12-14,16H,1,4-11H2,2H3. The summed E-state index contributed by atoms with van der Waals surface area (Å²) in [7, 11) is 0.